The average Bonchev–Trinajstić information content (AvgIpc) is 2.47. The van der Waals surface area contributed by atoms with Crippen molar-refractivity contribution in [1.82, 2.24) is 10.6 Å². The summed E-state index contributed by atoms with van der Waals surface area (Å²) in [5.74, 6) is 0.205. The van der Waals surface area contributed by atoms with Gasteiger partial charge in [0.25, 0.3) is 0 Å². The Morgan fingerprint density at radius 2 is 2.19 bits per heavy atom. The molecule has 0 heterocycles. The van der Waals surface area contributed by atoms with Gasteiger partial charge < -0.3 is 15.4 Å². The van der Waals surface area contributed by atoms with Gasteiger partial charge in [-0.3, -0.25) is 4.99 Å². The van der Waals surface area contributed by atoms with E-state index in [1.165, 1.54) is 6.07 Å². The van der Waals surface area contributed by atoms with Crippen LogP contribution in [0.2, 0.25) is 0 Å². The Morgan fingerprint density at radius 3 is 2.76 bits per heavy atom. The van der Waals surface area contributed by atoms with Crippen LogP contribution in [0.4, 0.5) is 4.39 Å². The third-order valence-corrected chi connectivity index (χ3v) is 2.67. The lowest BCUT2D eigenvalue weighted by atomic mass is 10.1. The Balaban J connectivity index is 0.00000400. The molecule has 1 aromatic carbocycles. The summed E-state index contributed by atoms with van der Waals surface area (Å²) in [7, 11) is 3.31. The average molecular weight is 406 g/mol. The Bertz CT molecular complexity index is 502. The summed E-state index contributed by atoms with van der Waals surface area (Å²) in [6.07, 6.45) is 0.864. The van der Waals surface area contributed by atoms with Gasteiger partial charge in [0.15, 0.2) is 5.96 Å². The Kier molecular flexibility index (Phi) is 10.5. The molecule has 0 radical (unpaired) electrons. The molecule has 0 amide bonds. The second kappa shape index (κ2) is 11.3. The number of aliphatic imine (C=N–C) groups is 1. The SMILES string of the molecule is CN=C(NCCCOC)NCc1ccc(C#N)cc1F.I. The van der Waals surface area contributed by atoms with E-state index in [1.807, 2.05) is 6.07 Å². The van der Waals surface area contributed by atoms with Crippen molar-refractivity contribution in [3.05, 3.63) is 35.1 Å². The maximum absolute atomic E-state index is 13.7. The lowest BCUT2D eigenvalue weighted by molar-refractivity contribution is 0.195. The van der Waals surface area contributed by atoms with Gasteiger partial charge in [-0.05, 0) is 18.6 Å². The number of nitrogens with one attached hydrogen (secondary N) is 2. The van der Waals surface area contributed by atoms with E-state index in [0.29, 0.717) is 30.2 Å². The quantitative estimate of drug-likeness (QED) is 0.328. The third-order valence-electron chi connectivity index (χ3n) is 2.67. The van der Waals surface area contributed by atoms with Gasteiger partial charge in [0, 0.05) is 39.4 Å². The molecule has 116 valence electrons. The monoisotopic (exact) mass is 406 g/mol. The highest BCUT2D eigenvalue weighted by molar-refractivity contribution is 14.0. The van der Waals surface area contributed by atoms with Crippen LogP contribution in [0.1, 0.15) is 17.5 Å². The lowest BCUT2D eigenvalue weighted by Crippen LogP contribution is -2.37. The normalized spacial score (nSPS) is 10.5. The van der Waals surface area contributed by atoms with Crippen molar-refractivity contribution in [3.63, 3.8) is 0 Å². The van der Waals surface area contributed by atoms with E-state index in [4.69, 9.17) is 10.00 Å². The standard InChI is InChI=1S/C14H19FN4O.HI/c1-17-14(18-6-3-7-20-2)19-10-12-5-4-11(9-16)8-13(12)15;/h4-5,8H,3,6-7,10H2,1-2H3,(H2,17,18,19);1H. The Hall–Kier alpha value is -1.40. The third kappa shape index (κ3) is 7.24. The summed E-state index contributed by atoms with van der Waals surface area (Å²) in [5, 5.41) is 14.8. The predicted molar refractivity (Wildman–Crippen MR) is 91.2 cm³/mol. The van der Waals surface area contributed by atoms with Crippen LogP contribution in [0.25, 0.3) is 0 Å². The fraction of sp³-hybridized carbons (Fsp3) is 0.429. The van der Waals surface area contributed by atoms with Crippen molar-refractivity contribution in [3.8, 4) is 6.07 Å². The molecule has 2 N–H and O–H groups in total. The molecule has 0 aromatic heterocycles. The van der Waals surface area contributed by atoms with Crippen LogP contribution in [-0.4, -0.2) is 33.3 Å². The zero-order chi connectivity index (χ0) is 14.8. The lowest BCUT2D eigenvalue weighted by Gasteiger charge is -2.12. The largest absolute Gasteiger partial charge is 0.385 e. The summed E-state index contributed by atoms with van der Waals surface area (Å²) in [5.41, 5.74) is 0.803. The van der Waals surface area contributed by atoms with E-state index in [2.05, 4.69) is 15.6 Å². The number of guanidine groups is 1. The Morgan fingerprint density at radius 1 is 1.43 bits per heavy atom. The maximum atomic E-state index is 13.7. The molecule has 0 unspecified atom stereocenters. The molecule has 5 nitrogen and oxygen atoms in total. The first-order valence-electron chi connectivity index (χ1n) is 6.33. The number of hydrogen-bond acceptors (Lipinski definition) is 3. The number of ether oxygens (including phenoxy) is 1. The molecular weight excluding hydrogens is 386 g/mol. The summed E-state index contributed by atoms with van der Waals surface area (Å²) >= 11 is 0. The highest BCUT2D eigenvalue weighted by atomic mass is 127. The highest BCUT2D eigenvalue weighted by Crippen LogP contribution is 2.09. The molecule has 0 saturated carbocycles. The minimum absolute atomic E-state index is 0. The molecule has 0 fully saturated rings. The number of nitrogens with zero attached hydrogens (tertiary/aromatic N) is 2. The zero-order valence-corrected chi connectivity index (χ0v) is 14.5. The van der Waals surface area contributed by atoms with Crippen molar-refractivity contribution in [2.24, 2.45) is 4.99 Å². The van der Waals surface area contributed by atoms with E-state index >= 15 is 0 Å². The minimum atomic E-state index is -0.397. The van der Waals surface area contributed by atoms with Gasteiger partial charge in [0.05, 0.1) is 11.6 Å². The first-order chi connectivity index (χ1) is 9.71. The molecule has 0 atom stereocenters. The fourth-order valence-corrected chi connectivity index (χ4v) is 1.58. The van der Waals surface area contributed by atoms with Crippen LogP contribution < -0.4 is 10.6 Å². The van der Waals surface area contributed by atoms with E-state index in [0.717, 1.165) is 13.0 Å². The van der Waals surface area contributed by atoms with Crippen molar-refractivity contribution in [2.45, 2.75) is 13.0 Å². The summed E-state index contributed by atoms with van der Waals surface area (Å²) in [6, 6.07) is 6.32. The number of halogens is 2. The van der Waals surface area contributed by atoms with E-state index in [1.54, 1.807) is 26.3 Å². The smallest absolute Gasteiger partial charge is 0.191 e. The minimum Gasteiger partial charge on any atom is -0.385 e. The molecule has 0 saturated heterocycles. The van der Waals surface area contributed by atoms with Gasteiger partial charge in [0.2, 0.25) is 0 Å². The maximum Gasteiger partial charge on any atom is 0.191 e. The van der Waals surface area contributed by atoms with Crippen molar-refractivity contribution >= 4 is 29.9 Å². The van der Waals surface area contributed by atoms with Gasteiger partial charge in [-0.15, -0.1) is 24.0 Å². The van der Waals surface area contributed by atoms with Gasteiger partial charge in [0.1, 0.15) is 5.82 Å². The van der Waals surface area contributed by atoms with Gasteiger partial charge in [-0.25, -0.2) is 4.39 Å². The molecule has 0 aliphatic carbocycles. The fourth-order valence-electron chi connectivity index (χ4n) is 1.58. The number of hydrogen-bond donors (Lipinski definition) is 2. The van der Waals surface area contributed by atoms with Gasteiger partial charge in [-0.1, -0.05) is 6.07 Å². The van der Waals surface area contributed by atoms with Crippen LogP contribution in [-0.2, 0) is 11.3 Å². The van der Waals surface area contributed by atoms with Crippen LogP contribution in [0, 0.1) is 17.1 Å². The zero-order valence-electron chi connectivity index (χ0n) is 12.1. The van der Waals surface area contributed by atoms with E-state index in [-0.39, 0.29) is 24.0 Å². The molecule has 1 rings (SSSR count). The molecule has 21 heavy (non-hydrogen) atoms. The van der Waals surface area contributed by atoms with Crippen molar-refractivity contribution in [1.29, 1.82) is 5.26 Å². The van der Waals surface area contributed by atoms with Crippen LogP contribution >= 0.6 is 24.0 Å². The Labute approximate surface area is 141 Å². The summed E-state index contributed by atoms with van der Waals surface area (Å²) < 4.78 is 18.6. The van der Waals surface area contributed by atoms with E-state index in [9.17, 15) is 4.39 Å². The molecule has 0 aliphatic heterocycles. The predicted octanol–water partition coefficient (Wildman–Crippen LogP) is 2.02. The topological polar surface area (TPSA) is 69.4 Å². The first kappa shape index (κ1) is 19.6. The van der Waals surface area contributed by atoms with Crippen LogP contribution in [0.5, 0.6) is 0 Å². The summed E-state index contributed by atoms with van der Waals surface area (Å²) in [4.78, 5) is 4.04. The molecule has 7 heteroatoms. The highest BCUT2D eigenvalue weighted by Gasteiger charge is 2.04. The number of benzene rings is 1. The molecule has 1 aromatic rings. The second-order valence-electron chi connectivity index (χ2n) is 4.12. The number of nitriles is 1. The molecule has 0 spiro atoms. The molecule has 0 bridgehead atoms. The van der Waals surface area contributed by atoms with Gasteiger partial charge >= 0.3 is 0 Å². The van der Waals surface area contributed by atoms with Crippen LogP contribution in [0.3, 0.4) is 0 Å². The first-order valence-corrected chi connectivity index (χ1v) is 6.33. The number of rotatable bonds is 6. The molecule has 0 aliphatic rings. The molecular formula is C14H20FIN4O. The van der Waals surface area contributed by atoms with Crippen molar-refractivity contribution < 1.29 is 9.13 Å². The summed E-state index contributed by atoms with van der Waals surface area (Å²) in [6.45, 7) is 1.71. The van der Waals surface area contributed by atoms with E-state index < -0.39 is 5.82 Å². The number of methoxy groups -OCH3 is 1. The second-order valence-corrected chi connectivity index (χ2v) is 4.12. The van der Waals surface area contributed by atoms with Crippen molar-refractivity contribution in [2.75, 3.05) is 27.3 Å². The van der Waals surface area contributed by atoms with Gasteiger partial charge in [-0.2, -0.15) is 5.26 Å². The van der Waals surface area contributed by atoms with Crippen LogP contribution in [0.15, 0.2) is 23.2 Å².